The summed E-state index contributed by atoms with van der Waals surface area (Å²) in [6.07, 6.45) is -6.15. The van der Waals surface area contributed by atoms with E-state index >= 15 is 0 Å². The largest absolute Gasteiger partial charge is 0.460 e. The van der Waals surface area contributed by atoms with Crippen molar-refractivity contribution in [2.24, 2.45) is 0 Å². The Labute approximate surface area is 211 Å². The minimum Gasteiger partial charge on any atom is -0.330 e. The summed E-state index contributed by atoms with van der Waals surface area (Å²) in [5.74, 6) is -25.1. The molecule has 206 valence electrons. The van der Waals surface area contributed by atoms with Gasteiger partial charge < -0.3 is 9.80 Å². The second-order valence-electron chi connectivity index (χ2n) is 9.09. The number of hydrogen-bond acceptors (Lipinski definition) is 5. The van der Waals surface area contributed by atoms with Gasteiger partial charge in [0.25, 0.3) is 11.8 Å². The minimum absolute atomic E-state index is 0.0562. The number of nitriles is 1. The van der Waals surface area contributed by atoms with E-state index in [0.717, 1.165) is 4.90 Å². The molecule has 2 aromatic rings. The van der Waals surface area contributed by atoms with Gasteiger partial charge in [0.05, 0.1) is 28.9 Å². The topological polar surface area (TPSA) is 97.6 Å². The van der Waals surface area contributed by atoms with Gasteiger partial charge in [0.15, 0.2) is 0 Å². The van der Waals surface area contributed by atoms with Crippen LogP contribution in [0.15, 0.2) is 30.5 Å². The molecular formula is C22H12F9N5O3. The highest BCUT2D eigenvalue weighted by atomic mass is 19.4. The predicted octanol–water partition coefficient (Wildman–Crippen LogP) is 3.69. The molecule has 0 spiro atoms. The fraction of sp³-hybridized carbons (Fsp3) is 0.409. The number of nitrogens with zero attached hydrogens (tertiary/aromatic N) is 5. The number of anilines is 1. The van der Waals surface area contributed by atoms with Gasteiger partial charge in [0, 0.05) is 18.1 Å². The average molecular weight is 565 g/mol. The van der Waals surface area contributed by atoms with Crippen LogP contribution in [-0.4, -0.2) is 81.2 Å². The fourth-order valence-corrected chi connectivity index (χ4v) is 5.25. The van der Waals surface area contributed by atoms with Gasteiger partial charge >= 0.3 is 30.0 Å². The number of carbonyl (C=O) groups is 3. The Morgan fingerprint density at radius 3 is 2.28 bits per heavy atom. The van der Waals surface area contributed by atoms with Crippen molar-refractivity contribution in [3.8, 4) is 6.07 Å². The number of pyridine rings is 1. The number of halogens is 9. The van der Waals surface area contributed by atoms with E-state index in [1.807, 2.05) is 6.07 Å². The lowest BCUT2D eigenvalue weighted by atomic mass is 10.0. The number of piperazine rings is 1. The van der Waals surface area contributed by atoms with Crippen molar-refractivity contribution in [1.29, 1.82) is 5.26 Å². The van der Waals surface area contributed by atoms with Crippen LogP contribution in [0.4, 0.5) is 50.0 Å². The first kappa shape index (κ1) is 26.5. The van der Waals surface area contributed by atoms with Crippen LogP contribution in [0.25, 0.3) is 10.9 Å². The molecule has 39 heavy (non-hydrogen) atoms. The van der Waals surface area contributed by atoms with Gasteiger partial charge in [-0.3, -0.25) is 14.6 Å². The van der Waals surface area contributed by atoms with Crippen LogP contribution in [0.3, 0.4) is 0 Å². The molecule has 5 rings (SSSR count). The fourth-order valence-electron chi connectivity index (χ4n) is 5.25. The highest BCUT2D eigenvalue weighted by molar-refractivity contribution is 6.25. The van der Waals surface area contributed by atoms with Crippen LogP contribution in [0.2, 0.25) is 0 Å². The van der Waals surface area contributed by atoms with Crippen LogP contribution in [0.5, 0.6) is 0 Å². The maximum absolute atomic E-state index is 14.4. The first-order valence-electron chi connectivity index (χ1n) is 10.9. The Balaban J connectivity index is 1.48. The van der Waals surface area contributed by atoms with E-state index in [-0.39, 0.29) is 33.5 Å². The third-order valence-electron chi connectivity index (χ3n) is 7.05. The first-order valence-corrected chi connectivity index (χ1v) is 10.9. The number of likely N-dealkylation sites (tertiary alicyclic amines) is 1. The predicted molar refractivity (Wildman–Crippen MR) is 110 cm³/mol. The molecule has 2 unspecified atom stereocenters. The van der Waals surface area contributed by atoms with Crippen molar-refractivity contribution < 1.29 is 53.9 Å². The second-order valence-corrected chi connectivity index (χ2v) is 9.09. The monoisotopic (exact) mass is 565 g/mol. The number of amides is 4. The molecule has 3 fully saturated rings. The molecule has 0 aliphatic carbocycles. The van der Waals surface area contributed by atoms with E-state index in [1.165, 1.54) is 30.5 Å². The minimum atomic E-state index is -7.26. The summed E-state index contributed by atoms with van der Waals surface area (Å²) in [4.78, 5) is 44.4. The second kappa shape index (κ2) is 7.96. The van der Waals surface area contributed by atoms with Crippen molar-refractivity contribution >= 4 is 34.4 Å². The summed E-state index contributed by atoms with van der Waals surface area (Å²) in [5.41, 5.74) is 0.127. The Morgan fingerprint density at radius 2 is 1.67 bits per heavy atom. The molecule has 1 aromatic heterocycles. The van der Waals surface area contributed by atoms with Crippen molar-refractivity contribution in [3.05, 3.63) is 36.0 Å². The number of imide groups is 1. The molecular weight excluding hydrogens is 553 g/mol. The summed E-state index contributed by atoms with van der Waals surface area (Å²) in [7, 11) is 0. The summed E-state index contributed by atoms with van der Waals surface area (Å²) in [6, 6.07) is 1.66. The van der Waals surface area contributed by atoms with E-state index in [2.05, 4.69) is 4.98 Å². The van der Waals surface area contributed by atoms with Crippen molar-refractivity contribution in [2.75, 3.05) is 11.4 Å². The van der Waals surface area contributed by atoms with E-state index in [9.17, 15) is 59.2 Å². The molecule has 4 amide bonds. The Morgan fingerprint density at radius 1 is 1.00 bits per heavy atom. The number of carbonyl (C=O) groups excluding carboxylic acids is 3. The number of hydrogen-bond donors (Lipinski definition) is 0. The normalized spacial score (nSPS) is 23.6. The van der Waals surface area contributed by atoms with Gasteiger partial charge in [-0.1, -0.05) is 0 Å². The van der Waals surface area contributed by atoms with E-state index in [1.54, 1.807) is 0 Å². The zero-order chi connectivity index (χ0) is 28.9. The van der Waals surface area contributed by atoms with Crippen molar-refractivity contribution in [2.45, 2.75) is 48.5 Å². The molecule has 3 aliphatic heterocycles. The van der Waals surface area contributed by atoms with Gasteiger partial charge in [-0.05, 0) is 30.7 Å². The van der Waals surface area contributed by atoms with Crippen LogP contribution < -0.4 is 4.90 Å². The number of alkyl halides is 9. The average Bonchev–Trinajstić information content (AvgIpc) is 3.53. The molecule has 3 saturated heterocycles. The maximum atomic E-state index is 14.4. The lowest BCUT2D eigenvalue weighted by Gasteiger charge is -2.39. The Hall–Kier alpha value is -4.10. The van der Waals surface area contributed by atoms with Gasteiger partial charge in [0.1, 0.15) is 12.1 Å². The van der Waals surface area contributed by atoms with E-state index in [0.29, 0.717) is 4.90 Å². The molecule has 3 atom stereocenters. The van der Waals surface area contributed by atoms with Gasteiger partial charge in [-0.2, -0.15) is 44.8 Å². The summed E-state index contributed by atoms with van der Waals surface area (Å²) >= 11 is 0. The third-order valence-corrected chi connectivity index (χ3v) is 7.05. The zero-order valence-corrected chi connectivity index (χ0v) is 18.9. The lowest BCUT2D eigenvalue weighted by molar-refractivity contribution is -0.389. The van der Waals surface area contributed by atoms with Crippen LogP contribution in [0.1, 0.15) is 12.0 Å². The van der Waals surface area contributed by atoms with Crippen LogP contribution >= 0.6 is 0 Å². The van der Waals surface area contributed by atoms with E-state index in [4.69, 9.17) is 0 Å². The lowest BCUT2D eigenvalue weighted by Crippen LogP contribution is -2.67. The molecule has 3 aliphatic rings. The number of benzene rings is 1. The zero-order valence-electron chi connectivity index (χ0n) is 18.9. The molecule has 0 radical (unpaired) electrons. The molecule has 0 N–H and O–H groups in total. The Kier molecular flexibility index (Phi) is 5.41. The number of aromatic nitrogens is 1. The molecule has 17 heteroatoms. The number of fused-ring (bicyclic) bond motifs is 6. The Bertz CT molecular complexity index is 1470. The number of rotatable bonds is 4. The van der Waals surface area contributed by atoms with Gasteiger partial charge in [-0.15, -0.1) is 0 Å². The molecule has 0 saturated carbocycles. The quantitative estimate of drug-likeness (QED) is 0.416. The SMILES string of the molecule is N#Cc1ccc(N2C(=O)C3C4C[C@H](CN4C(=O)C(F)(F)C(F)(F)C(F)(F)C(F)(F)F)N3C2=O)c2cccnc12. The van der Waals surface area contributed by atoms with E-state index < -0.39 is 66.5 Å². The smallest absolute Gasteiger partial charge is 0.330 e. The third kappa shape index (κ3) is 3.26. The van der Waals surface area contributed by atoms with Crippen LogP contribution in [-0.2, 0) is 9.59 Å². The summed E-state index contributed by atoms with van der Waals surface area (Å²) in [5, 5.41) is 9.46. The maximum Gasteiger partial charge on any atom is 0.460 e. The standard InChI is InChI=1S/C22H12F9N5O3/c23-19(24,20(25,26)21(27,28)22(29,30)31)17(38)34-8-10-6-13(34)15-16(37)36(18(39)35(10)15)12-4-3-9(7-32)14-11(12)2-1-5-33-14/h1-5,10,13,15H,6,8H2/t10-,13?,15?/m1/s1. The molecule has 1 aromatic carbocycles. The van der Waals surface area contributed by atoms with Crippen LogP contribution in [0, 0.1) is 11.3 Å². The molecule has 4 heterocycles. The highest BCUT2D eigenvalue weighted by Gasteiger charge is 2.84. The first-order chi connectivity index (χ1) is 18.0. The van der Waals surface area contributed by atoms with Gasteiger partial charge in [-0.25, -0.2) is 9.69 Å². The van der Waals surface area contributed by atoms with Crippen molar-refractivity contribution in [3.63, 3.8) is 0 Å². The molecule has 2 bridgehead atoms. The van der Waals surface area contributed by atoms with Crippen molar-refractivity contribution in [1.82, 2.24) is 14.8 Å². The highest BCUT2D eigenvalue weighted by Crippen LogP contribution is 2.54. The summed E-state index contributed by atoms with van der Waals surface area (Å²) < 4.78 is 121. The van der Waals surface area contributed by atoms with Gasteiger partial charge in [0.2, 0.25) is 0 Å². The summed E-state index contributed by atoms with van der Waals surface area (Å²) in [6.45, 7) is -0.911. The number of urea groups is 1. The molecule has 8 nitrogen and oxygen atoms in total.